The fourth-order valence-electron chi connectivity index (χ4n) is 3.43. The van der Waals surface area contributed by atoms with E-state index in [9.17, 15) is 14.4 Å². The van der Waals surface area contributed by atoms with Gasteiger partial charge in [0, 0.05) is 38.0 Å². The van der Waals surface area contributed by atoms with E-state index >= 15 is 0 Å². The molecular weight excluding hydrogens is 366 g/mol. The van der Waals surface area contributed by atoms with Crippen molar-refractivity contribution in [3.8, 4) is 0 Å². The highest BCUT2D eigenvalue weighted by Gasteiger charge is 2.23. The largest absolute Gasteiger partial charge is 0.354 e. The van der Waals surface area contributed by atoms with E-state index < -0.39 is 6.04 Å². The lowest BCUT2D eigenvalue weighted by molar-refractivity contribution is -0.130. The number of nitrogens with one attached hydrogen (secondary N) is 2. The maximum absolute atomic E-state index is 12.8. The van der Waals surface area contributed by atoms with E-state index in [1.165, 1.54) is 0 Å². The molecule has 0 aromatic heterocycles. The van der Waals surface area contributed by atoms with Gasteiger partial charge in [0.15, 0.2) is 0 Å². The lowest BCUT2D eigenvalue weighted by Gasteiger charge is -2.20. The van der Waals surface area contributed by atoms with Gasteiger partial charge in [-0.05, 0) is 30.5 Å². The summed E-state index contributed by atoms with van der Waals surface area (Å²) in [5.74, 6) is -0.516. The Morgan fingerprint density at radius 2 is 1.52 bits per heavy atom. The number of likely N-dealkylation sites (tertiary alicyclic amines) is 1. The van der Waals surface area contributed by atoms with E-state index in [1.54, 1.807) is 24.3 Å². The van der Waals surface area contributed by atoms with Crippen LogP contribution in [-0.4, -0.2) is 48.3 Å². The van der Waals surface area contributed by atoms with Crippen LogP contribution in [0, 0.1) is 0 Å². The second-order valence-corrected chi connectivity index (χ2v) is 7.21. The maximum Gasteiger partial charge on any atom is 0.251 e. The highest BCUT2D eigenvalue weighted by atomic mass is 16.2. The minimum absolute atomic E-state index is 0.0655. The zero-order valence-electron chi connectivity index (χ0n) is 16.5. The van der Waals surface area contributed by atoms with Gasteiger partial charge < -0.3 is 15.5 Å². The third-order valence-electron chi connectivity index (χ3n) is 5.04. The van der Waals surface area contributed by atoms with Gasteiger partial charge in [0.1, 0.15) is 6.04 Å². The molecule has 0 bridgehead atoms. The van der Waals surface area contributed by atoms with Gasteiger partial charge in [-0.15, -0.1) is 0 Å². The molecular formula is C23H27N3O3. The molecule has 0 saturated carbocycles. The molecule has 1 aliphatic heterocycles. The predicted octanol–water partition coefficient (Wildman–Crippen LogP) is 2.16. The highest BCUT2D eigenvalue weighted by Crippen LogP contribution is 2.09. The molecule has 3 rings (SSSR count). The van der Waals surface area contributed by atoms with E-state index in [-0.39, 0.29) is 30.7 Å². The van der Waals surface area contributed by atoms with Gasteiger partial charge >= 0.3 is 0 Å². The quantitative estimate of drug-likeness (QED) is 0.721. The molecule has 2 N–H and O–H groups in total. The van der Waals surface area contributed by atoms with Crippen molar-refractivity contribution in [3.05, 3.63) is 71.8 Å². The molecule has 1 atom stereocenters. The maximum atomic E-state index is 12.8. The molecule has 152 valence electrons. The molecule has 1 unspecified atom stereocenters. The molecule has 1 saturated heterocycles. The fraction of sp³-hybridized carbons (Fsp3) is 0.348. The van der Waals surface area contributed by atoms with E-state index in [2.05, 4.69) is 10.6 Å². The Bertz CT molecular complexity index is 818. The topological polar surface area (TPSA) is 78.5 Å². The Balaban J connectivity index is 1.59. The minimum atomic E-state index is -0.716. The third kappa shape index (κ3) is 6.17. The zero-order valence-corrected chi connectivity index (χ0v) is 16.5. The minimum Gasteiger partial charge on any atom is -0.354 e. The summed E-state index contributed by atoms with van der Waals surface area (Å²) in [7, 11) is 0. The van der Waals surface area contributed by atoms with Crippen molar-refractivity contribution in [1.82, 2.24) is 15.5 Å². The molecule has 0 radical (unpaired) electrons. The first-order valence-corrected chi connectivity index (χ1v) is 10.1. The molecule has 6 heteroatoms. The normalized spacial score (nSPS) is 14.3. The number of carbonyl (C=O) groups is 3. The molecule has 0 aliphatic carbocycles. The molecule has 0 spiro atoms. The van der Waals surface area contributed by atoms with E-state index in [4.69, 9.17) is 0 Å². The van der Waals surface area contributed by atoms with Crippen molar-refractivity contribution in [3.63, 3.8) is 0 Å². The molecule has 6 nitrogen and oxygen atoms in total. The van der Waals surface area contributed by atoms with Gasteiger partial charge in [-0.3, -0.25) is 14.4 Å². The van der Waals surface area contributed by atoms with Crippen LogP contribution in [0.15, 0.2) is 60.7 Å². The van der Waals surface area contributed by atoms with Crippen molar-refractivity contribution in [2.45, 2.75) is 31.7 Å². The summed E-state index contributed by atoms with van der Waals surface area (Å²) in [4.78, 5) is 39.3. The van der Waals surface area contributed by atoms with Crippen LogP contribution in [0.25, 0.3) is 0 Å². The molecule has 2 aromatic rings. The second-order valence-electron chi connectivity index (χ2n) is 7.21. The molecule has 1 heterocycles. The summed E-state index contributed by atoms with van der Waals surface area (Å²) in [5, 5.41) is 5.64. The SMILES string of the molecule is O=C(NC(Cc1ccccc1)C(=O)NCCC(=O)N1CCCC1)c1ccccc1. The summed E-state index contributed by atoms with van der Waals surface area (Å²) in [6.07, 6.45) is 2.74. The first-order valence-electron chi connectivity index (χ1n) is 10.1. The first kappa shape index (κ1) is 20.6. The lowest BCUT2D eigenvalue weighted by Crippen LogP contribution is -2.48. The Labute approximate surface area is 171 Å². The third-order valence-corrected chi connectivity index (χ3v) is 5.04. The zero-order chi connectivity index (χ0) is 20.5. The average Bonchev–Trinajstić information content (AvgIpc) is 3.29. The van der Waals surface area contributed by atoms with Crippen molar-refractivity contribution < 1.29 is 14.4 Å². The summed E-state index contributed by atoms with van der Waals surface area (Å²) in [6, 6.07) is 17.7. The molecule has 1 fully saturated rings. The number of carbonyl (C=O) groups excluding carboxylic acids is 3. The van der Waals surface area contributed by atoms with Crippen LogP contribution in [0.1, 0.15) is 35.2 Å². The molecule has 29 heavy (non-hydrogen) atoms. The van der Waals surface area contributed by atoms with Crippen LogP contribution in [0.2, 0.25) is 0 Å². The van der Waals surface area contributed by atoms with Crippen LogP contribution in [0.5, 0.6) is 0 Å². The lowest BCUT2D eigenvalue weighted by atomic mass is 10.0. The van der Waals surface area contributed by atoms with Gasteiger partial charge in [-0.1, -0.05) is 48.5 Å². The smallest absolute Gasteiger partial charge is 0.251 e. The van der Waals surface area contributed by atoms with E-state index in [0.29, 0.717) is 12.0 Å². The Morgan fingerprint density at radius 3 is 2.17 bits per heavy atom. The Kier molecular flexibility index (Phi) is 7.39. The Hall–Kier alpha value is -3.15. The summed E-state index contributed by atoms with van der Waals surface area (Å²) < 4.78 is 0. The molecule has 1 aliphatic rings. The fourth-order valence-corrected chi connectivity index (χ4v) is 3.43. The number of rotatable bonds is 8. The van der Waals surface area contributed by atoms with Crippen molar-refractivity contribution in [2.24, 2.45) is 0 Å². The van der Waals surface area contributed by atoms with Gasteiger partial charge in [0.25, 0.3) is 5.91 Å². The summed E-state index contributed by atoms with van der Waals surface area (Å²) >= 11 is 0. The standard InChI is InChI=1S/C23H27N3O3/c27-21(26-15-7-8-16-26)13-14-24-23(29)20(17-18-9-3-1-4-10-18)25-22(28)19-11-5-2-6-12-19/h1-6,9-12,20H,7-8,13-17H2,(H,24,29)(H,25,28). The van der Waals surface area contributed by atoms with Crippen LogP contribution in [0.3, 0.4) is 0 Å². The number of hydrogen-bond donors (Lipinski definition) is 2. The molecule has 3 amide bonds. The molecule has 2 aromatic carbocycles. The number of hydrogen-bond acceptors (Lipinski definition) is 3. The summed E-state index contributed by atoms with van der Waals surface area (Å²) in [6.45, 7) is 1.87. The van der Waals surface area contributed by atoms with Gasteiger partial charge in [0.05, 0.1) is 0 Å². The number of benzene rings is 2. The van der Waals surface area contributed by atoms with Crippen LogP contribution in [-0.2, 0) is 16.0 Å². The van der Waals surface area contributed by atoms with E-state index in [1.807, 2.05) is 41.3 Å². The average molecular weight is 393 g/mol. The van der Waals surface area contributed by atoms with Crippen molar-refractivity contribution in [2.75, 3.05) is 19.6 Å². The van der Waals surface area contributed by atoms with Crippen molar-refractivity contribution >= 4 is 17.7 Å². The Morgan fingerprint density at radius 1 is 0.897 bits per heavy atom. The number of amides is 3. The highest BCUT2D eigenvalue weighted by molar-refractivity contribution is 5.97. The van der Waals surface area contributed by atoms with Gasteiger partial charge in [-0.2, -0.15) is 0 Å². The monoisotopic (exact) mass is 393 g/mol. The van der Waals surface area contributed by atoms with Gasteiger partial charge in [0.2, 0.25) is 11.8 Å². The first-order chi connectivity index (χ1) is 14.1. The van der Waals surface area contributed by atoms with Gasteiger partial charge in [-0.25, -0.2) is 0 Å². The van der Waals surface area contributed by atoms with Crippen LogP contribution >= 0.6 is 0 Å². The van der Waals surface area contributed by atoms with Crippen LogP contribution < -0.4 is 10.6 Å². The second kappa shape index (κ2) is 10.4. The summed E-state index contributed by atoms with van der Waals surface area (Å²) in [5.41, 5.74) is 1.46. The van der Waals surface area contributed by atoms with E-state index in [0.717, 1.165) is 31.5 Å². The van der Waals surface area contributed by atoms with Crippen molar-refractivity contribution in [1.29, 1.82) is 0 Å². The number of nitrogens with zero attached hydrogens (tertiary/aromatic N) is 1. The van der Waals surface area contributed by atoms with Crippen LogP contribution in [0.4, 0.5) is 0 Å². The predicted molar refractivity (Wildman–Crippen MR) is 111 cm³/mol.